The highest BCUT2D eigenvalue weighted by molar-refractivity contribution is 4.67. The number of rotatable bonds is 9. The molecule has 86 valence electrons. The van der Waals surface area contributed by atoms with Crippen molar-refractivity contribution in [1.29, 1.82) is 0 Å². The Morgan fingerprint density at radius 1 is 1.29 bits per heavy atom. The molecule has 2 N–H and O–H groups in total. The van der Waals surface area contributed by atoms with E-state index in [2.05, 4.69) is 6.92 Å². The topological polar surface area (TPSA) is 58.9 Å². The van der Waals surface area contributed by atoms with Crippen molar-refractivity contribution in [3.8, 4) is 0 Å². The van der Waals surface area contributed by atoms with Crippen molar-refractivity contribution >= 4 is 0 Å². The van der Waals surface area contributed by atoms with Gasteiger partial charge in [-0.1, -0.05) is 13.3 Å². The molecule has 0 heterocycles. The van der Waals surface area contributed by atoms with Crippen LogP contribution >= 0.6 is 0 Å². The van der Waals surface area contributed by atoms with E-state index in [1.165, 1.54) is 0 Å². The van der Waals surface area contributed by atoms with Crippen LogP contribution in [-0.2, 0) is 9.47 Å². The molecule has 0 rings (SSSR count). The summed E-state index contributed by atoms with van der Waals surface area (Å²) in [5, 5.41) is 18.5. The first-order chi connectivity index (χ1) is 6.76. The summed E-state index contributed by atoms with van der Waals surface area (Å²) in [5.41, 5.74) is 0. The van der Waals surface area contributed by atoms with Crippen LogP contribution in [0, 0.1) is 0 Å². The lowest BCUT2D eigenvalue weighted by Gasteiger charge is -2.21. The summed E-state index contributed by atoms with van der Waals surface area (Å²) >= 11 is 0. The van der Waals surface area contributed by atoms with Gasteiger partial charge >= 0.3 is 0 Å². The van der Waals surface area contributed by atoms with Gasteiger partial charge in [0.1, 0.15) is 12.2 Å². The monoisotopic (exact) mass is 206 g/mol. The molecule has 0 fully saturated rings. The first-order valence-corrected chi connectivity index (χ1v) is 5.24. The number of aliphatic hydroxyl groups excluding tert-OH is 2. The molecule has 4 nitrogen and oxygen atoms in total. The average molecular weight is 206 g/mol. The zero-order valence-electron chi connectivity index (χ0n) is 9.11. The first kappa shape index (κ1) is 13.8. The van der Waals surface area contributed by atoms with Crippen LogP contribution < -0.4 is 0 Å². The van der Waals surface area contributed by atoms with E-state index in [0.29, 0.717) is 13.2 Å². The molecule has 0 aromatic rings. The standard InChI is InChI=1S/C10H22O4/c1-3-5-6-14-10(7-11)9(12)8-13-4-2/h9-12H,3-8H2,1-2H3. The van der Waals surface area contributed by atoms with Gasteiger partial charge in [-0.3, -0.25) is 0 Å². The third-order valence-electron chi connectivity index (χ3n) is 1.93. The Labute approximate surface area is 85.8 Å². The van der Waals surface area contributed by atoms with Gasteiger partial charge in [-0.2, -0.15) is 0 Å². The Kier molecular flexibility index (Phi) is 9.29. The van der Waals surface area contributed by atoms with Crippen molar-refractivity contribution in [3.05, 3.63) is 0 Å². The fourth-order valence-corrected chi connectivity index (χ4v) is 1.01. The highest BCUT2D eigenvalue weighted by atomic mass is 16.5. The minimum absolute atomic E-state index is 0.169. The Morgan fingerprint density at radius 2 is 2.00 bits per heavy atom. The number of ether oxygens (including phenoxy) is 2. The molecule has 4 heteroatoms. The van der Waals surface area contributed by atoms with E-state index < -0.39 is 12.2 Å². The Morgan fingerprint density at radius 3 is 2.50 bits per heavy atom. The van der Waals surface area contributed by atoms with E-state index in [9.17, 15) is 5.11 Å². The summed E-state index contributed by atoms with van der Waals surface area (Å²) in [6, 6.07) is 0. The van der Waals surface area contributed by atoms with Crippen LogP contribution in [0.15, 0.2) is 0 Å². The smallest absolute Gasteiger partial charge is 0.109 e. The van der Waals surface area contributed by atoms with Crippen LogP contribution in [0.4, 0.5) is 0 Å². The predicted molar refractivity (Wildman–Crippen MR) is 54.2 cm³/mol. The zero-order valence-corrected chi connectivity index (χ0v) is 9.11. The molecule has 2 unspecified atom stereocenters. The Bertz CT molecular complexity index is 119. The molecule has 0 aromatic heterocycles. The molecule has 0 aliphatic heterocycles. The molecule has 0 aromatic carbocycles. The summed E-state index contributed by atoms with van der Waals surface area (Å²) in [7, 11) is 0. The number of aliphatic hydroxyl groups is 2. The second kappa shape index (κ2) is 9.40. The maximum atomic E-state index is 9.53. The second-order valence-corrected chi connectivity index (χ2v) is 3.17. The quantitative estimate of drug-likeness (QED) is 0.541. The molecule has 0 amide bonds. The van der Waals surface area contributed by atoms with Crippen molar-refractivity contribution in [2.24, 2.45) is 0 Å². The van der Waals surface area contributed by atoms with Crippen LogP contribution in [-0.4, -0.2) is 48.8 Å². The number of unbranched alkanes of at least 4 members (excludes halogenated alkanes) is 1. The number of hydrogen-bond donors (Lipinski definition) is 2. The lowest BCUT2D eigenvalue weighted by atomic mass is 10.2. The number of hydrogen-bond acceptors (Lipinski definition) is 4. The van der Waals surface area contributed by atoms with Crippen molar-refractivity contribution in [2.75, 3.05) is 26.4 Å². The molecule has 0 spiro atoms. The highest BCUT2D eigenvalue weighted by Gasteiger charge is 2.18. The SMILES string of the molecule is CCCCOC(CO)C(O)COCC. The highest BCUT2D eigenvalue weighted by Crippen LogP contribution is 2.02. The van der Waals surface area contributed by atoms with E-state index in [4.69, 9.17) is 14.6 Å². The molecule has 0 saturated carbocycles. The summed E-state index contributed by atoms with van der Waals surface area (Å²) < 4.78 is 10.4. The van der Waals surface area contributed by atoms with Gasteiger partial charge in [0, 0.05) is 13.2 Å². The van der Waals surface area contributed by atoms with Crippen molar-refractivity contribution in [3.63, 3.8) is 0 Å². The Hall–Kier alpha value is -0.160. The van der Waals surface area contributed by atoms with E-state index in [1.807, 2.05) is 6.92 Å². The summed E-state index contributed by atoms with van der Waals surface area (Å²) in [6.07, 6.45) is 0.724. The minimum Gasteiger partial charge on any atom is -0.394 e. The predicted octanol–water partition coefficient (Wildman–Crippen LogP) is 0.561. The van der Waals surface area contributed by atoms with Gasteiger partial charge in [-0.05, 0) is 13.3 Å². The maximum Gasteiger partial charge on any atom is 0.109 e. The van der Waals surface area contributed by atoms with E-state index in [0.717, 1.165) is 12.8 Å². The molecule has 0 radical (unpaired) electrons. The van der Waals surface area contributed by atoms with Gasteiger partial charge in [-0.15, -0.1) is 0 Å². The van der Waals surface area contributed by atoms with Crippen LogP contribution in [0.2, 0.25) is 0 Å². The van der Waals surface area contributed by atoms with Crippen LogP contribution in [0.5, 0.6) is 0 Å². The average Bonchev–Trinajstić information content (AvgIpc) is 2.21. The van der Waals surface area contributed by atoms with Crippen molar-refractivity contribution in [2.45, 2.75) is 38.9 Å². The maximum absolute atomic E-state index is 9.53. The van der Waals surface area contributed by atoms with Gasteiger partial charge < -0.3 is 19.7 Å². The van der Waals surface area contributed by atoms with E-state index in [-0.39, 0.29) is 13.2 Å². The molecule has 0 aliphatic carbocycles. The van der Waals surface area contributed by atoms with Gasteiger partial charge in [0.05, 0.1) is 13.2 Å². The fraction of sp³-hybridized carbons (Fsp3) is 1.00. The summed E-state index contributed by atoms with van der Waals surface area (Å²) in [6.45, 7) is 5.10. The largest absolute Gasteiger partial charge is 0.394 e. The summed E-state index contributed by atoms with van der Waals surface area (Å²) in [4.78, 5) is 0. The van der Waals surface area contributed by atoms with E-state index in [1.54, 1.807) is 0 Å². The fourth-order valence-electron chi connectivity index (χ4n) is 1.01. The van der Waals surface area contributed by atoms with Crippen molar-refractivity contribution < 1.29 is 19.7 Å². The van der Waals surface area contributed by atoms with Crippen molar-refractivity contribution in [1.82, 2.24) is 0 Å². The van der Waals surface area contributed by atoms with Gasteiger partial charge in [0.25, 0.3) is 0 Å². The van der Waals surface area contributed by atoms with Gasteiger partial charge in [0.15, 0.2) is 0 Å². The van der Waals surface area contributed by atoms with Crippen LogP contribution in [0.3, 0.4) is 0 Å². The molecular formula is C10H22O4. The molecule has 14 heavy (non-hydrogen) atoms. The lowest BCUT2D eigenvalue weighted by Crippen LogP contribution is -2.36. The van der Waals surface area contributed by atoms with E-state index >= 15 is 0 Å². The molecule has 2 atom stereocenters. The zero-order chi connectivity index (χ0) is 10.8. The molecule has 0 aliphatic rings. The molecule has 0 saturated heterocycles. The molecule has 0 bridgehead atoms. The second-order valence-electron chi connectivity index (χ2n) is 3.17. The third kappa shape index (κ3) is 6.32. The van der Waals surface area contributed by atoms with Gasteiger partial charge in [0.2, 0.25) is 0 Å². The minimum atomic E-state index is -0.739. The lowest BCUT2D eigenvalue weighted by molar-refractivity contribution is -0.0898. The normalized spacial score (nSPS) is 15.4. The Balaban J connectivity index is 3.62. The van der Waals surface area contributed by atoms with Gasteiger partial charge in [-0.25, -0.2) is 0 Å². The first-order valence-electron chi connectivity index (χ1n) is 5.24. The molecular weight excluding hydrogens is 184 g/mol. The van der Waals surface area contributed by atoms with Crippen LogP contribution in [0.1, 0.15) is 26.7 Å². The third-order valence-corrected chi connectivity index (χ3v) is 1.93. The van der Waals surface area contributed by atoms with Crippen LogP contribution in [0.25, 0.3) is 0 Å². The summed E-state index contributed by atoms with van der Waals surface area (Å²) in [5.74, 6) is 0.